The molecule has 2 fully saturated rings. The van der Waals surface area contributed by atoms with Crippen LogP contribution in [0.15, 0.2) is 42.6 Å². The van der Waals surface area contributed by atoms with Crippen LogP contribution in [0.4, 0.5) is 19.0 Å². The summed E-state index contributed by atoms with van der Waals surface area (Å²) in [4.78, 5) is 6.31. The van der Waals surface area contributed by atoms with E-state index in [0.29, 0.717) is 18.3 Å². The van der Waals surface area contributed by atoms with E-state index in [1.165, 1.54) is 11.6 Å². The van der Waals surface area contributed by atoms with E-state index in [9.17, 15) is 13.2 Å². The van der Waals surface area contributed by atoms with Gasteiger partial charge in [-0.2, -0.15) is 0 Å². The van der Waals surface area contributed by atoms with Gasteiger partial charge in [0.05, 0.1) is 24.9 Å². The second kappa shape index (κ2) is 11.6. The molecule has 2 unspecified atom stereocenters. The zero-order valence-corrected chi connectivity index (χ0v) is 19.7. The van der Waals surface area contributed by atoms with Gasteiger partial charge in [-0.15, -0.1) is 0 Å². The summed E-state index contributed by atoms with van der Waals surface area (Å²) in [6, 6.07) is 12.3. The number of hydrogen-bond acceptors (Lipinski definition) is 5. The van der Waals surface area contributed by atoms with E-state index >= 15 is 0 Å². The van der Waals surface area contributed by atoms with E-state index in [1.54, 1.807) is 11.9 Å². The minimum atomic E-state index is -2.59. The fourth-order valence-electron chi connectivity index (χ4n) is 5.10. The van der Waals surface area contributed by atoms with E-state index in [1.807, 2.05) is 6.26 Å². The molecule has 0 spiro atoms. The molecule has 1 aliphatic carbocycles. The number of pyridine rings is 1. The van der Waals surface area contributed by atoms with Crippen molar-refractivity contribution in [3.8, 4) is 0 Å². The second-order valence-electron chi connectivity index (χ2n) is 8.92. The van der Waals surface area contributed by atoms with Crippen LogP contribution in [0.3, 0.4) is 0 Å². The minimum absolute atomic E-state index is 0.00942. The van der Waals surface area contributed by atoms with Gasteiger partial charge in [0.15, 0.2) is 0 Å². The molecule has 2 aromatic rings. The van der Waals surface area contributed by atoms with Crippen molar-refractivity contribution >= 4 is 17.8 Å². The quantitative estimate of drug-likeness (QED) is 0.475. The first-order valence-corrected chi connectivity index (χ1v) is 12.9. The fraction of sp³-hybridized carbons (Fsp3) is 0.560. The number of rotatable bonds is 9. The molecule has 1 aromatic heterocycles. The van der Waals surface area contributed by atoms with Crippen molar-refractivity contribution < 1.29 is 17.9 Å². The van der Waals surface area contributed by atoms with Gasteiger partial charge in [0.2, 0.25) is 6.43 Å². The number of benzene rings is 1. The highest BCUT2D eigenvalue weighted by atomic mass is 32.2. The van der Waals surface area contributed by atoms with Gasteiger partial charge in [-0.05, 0) is 61.5 Å². The van der Waals surface area contributed by atoms with Crippen LogP contribution in [0, 0.1) is 5.82 Å². The molecule has 2 atom stereocenters. The van der Waals surface area contributed by atoms with Crippen molar-refractivity contribution in [2.45, 2.75) is 69.1 Å². The Balaban J connectivity index is 1.39. The lowest BCUT2D eigenvalue weighted by Crippen LogP contribution is -2.45. The number of nitrogens with zero attached hydrogens (tertiary/aromatic N) is 2. The number of ether oxygens (including phenoxy) is 1. The van der Waals surface area contributed by atoms with Crippen LogP contribution < -0.4 is 9.62 Å². The standard InChI is InChI=1S/C25H32F3N3OS/c1-33-30-22-11-12-31(25-14-19(13-24(27)28)21(26)15-29-25)23(22)16-32-20-9-7-18(8-10-20)17-5-3-2-4-6-17/h2-6,14-15,18,20,22-24,30H,7-13,16H2,1H3. The summed E-state index contributed by atoms with van der Waals surface area (Å²) in [5.74, 6) is 0.454. The molecule has 8 heteroatoms. The van der Waals surface area contributed by atoms with Crippen molar-refractivity contribution in [2.75, 3.05) is 24.3 Å². The van der Waals surface area contributed by atoms with Gasteiger partial charge in [-0.25, -0.2) is 18.2 Å². The van der Waals surface area contributed by atoms with Crippen LogP contribution in [-0.2, 0) is 11.2 Å². The number of aromatic nitrogens is 1. The molecule has 4 nitrogen and oxygen atoms in total. The largest absolute Gasteiger partial charge is 0.376 e. The summed E-state index contributed by atoms with van der Waals surface area (Å²) >= 11 is 1.56. The molecule has 2 aliphatic rings. The van der Waals surface area contributed by atoms with Gasteiger partial charge in [0.1, 0.15) is 11.6 Å². The molecule has 1 N–H and O–H groups in total. The Morgan fingerprint density at radius 2 is 1.91 bits per heavy atom. The molecule has 1 saturated heterocycles. The van der Waals surface area contributed by atoms with E-state index in [-0.39, 0.29) is 23.8 Å². The third kappa shape index (κ3) is 6.22. The molecule has 0 bridgehead atoms. The predicted molar refractivity (Wildman–Crippen MR) is 127 cm³/mol. The minimum Gasteiger partial charge on any atom is -0.376 e. The van der Waals surface area contributed by atoms with Gasteiger partial charge in [-0.1, -0.05) is 42.3 Å². The van der Waals surface area contributed by atoms with Gasteiger partial charge in [0, 0.05) is 19.0 Å². The number of nitrogens with one attached hydrogen (secondary N) is 1. The van der Waals surface area contributed by atoms with Crippen molar-refractivity contribution in [2.24, 2.45) is 0 Å². The SMILES string of the molecule is CSNC1CCN(c2cc(CC(F)F)c(F)cn2)C1COC1CCC(c2ccccc2)CC1. The molecule has 4 rings (SSSR count). The smallest absolute Gasteiger partial charge is 0.242 e. The molecular weight excluding hydrogens is 447 g/mol. The molecule has 0 radical (unpaired) electrons. The topological polar surface area (TPSA) is 37.4 Å². The van der Waals surface area contributed by atoms with E-state index in [0.717, 1.165) is 44.8 Å². The monoisotopic (exact) mass is 479 g/mol. The first-order valence-electron chi connectivity index (χ1n) is 11.7. The number of hydrogen-bond donors (Lipinski definition) is 1. The Bertz CT molecular complexity index is 880. The average molecular weight is 480 g/mol. The summed E-state index contributed by atoms with van der Waals surface area (Å²) < 4.78 is 49.6. The second-order valence-corrected chi connectivity index (χ2v) is 9.57. The van der Waals surface area contributed by atoms with E-state index in [4.69, 9.17) is 4.74 Å². The third-order valence-electron chi connectivity index (χ3n) is 6.85. The summed E-state index contributed by atoms with van der Waals surface area (Å²) in [5.41, 5.74) is 1.42. The molecule has 1 saturated carbocycles. The molecule has 1 aliphatic heterocycles. The van der Waals surface area contributed by atoms with E-state index in [2.05, 4.69) is 44.9 Å². The van der Waals surface area contributed by atoms with Crippen LogP contribution in [0.5, 0.6) is 0 Å². The predicted octanol–water partition coefficient (Wildman–Crippen LogP) is 5.59. The third-order valence-corrected chi connectivity index (χ3v) is 7.39. The maximum absolute atomic E-state index is 14.0. The summed E-state index contributed by atoms with van der Waals surface area (Å²) in [6.07, 6.45) is 5.25. The van der Waals surface area contributed by atoms with Gasteiger partial charge < -0.3 is 9.64 Å². The van der Waals surface area contributed by atoms with Crippen LogP contribution in [0.2, 0.25) is 0 Å². The van der Waals surface area contributed by atoms with Crippen LogP contribution in [-0.4, -0.2) is 49.0 Å². The lowest BCUT2D eigenvalue weighted by Gasteiger charge is -2.33. The fourth-order valence-corrected chi connectivity index (χ4v) is 5.68. The highest BCUT2D eigenvalue weighted by Gasteiger charge is 2.36. The van der Waals surface area contributed by atoms with Crippen molar-refractivity contribution in [3.63, 3.8) is 0 Å². The summed E-state index contributed by atoms with van der Waals surface area (Å²) in [6.45, 7) is 1.25. The Labute approximate surface area is 198 Å². The highest BCUT2D eigenvalue weighted by Crippen LogP contribution is 2.35. The van der Waals surface area contributed by atoms with Gasteiger partial charge in [-0.3, -0.25) is 4.72 Å². The number of halogens is 3. The van der Waals surface area contributed by atoms with Crippen molar-refractivity contribution in [1.82, 2.24) is 9.71 Å². The van der Waals surface area contributed by atoms with Crippen LogP contribution in [0.25, 0.3) is 0 Å². The first kappa shape index (κ1) is 24.4. The lowest BCUT2D eigenvalue weighted by atomic mass is 9.83. The first-order chi connectivity index (χ1) is 16.0. The number of anilines is 1. The van der Waals surface area contributed by atoms with Crippen molar-refractivity contribution in [3.05, 3.63) is 59.5 Å². The van der Waals surface area contributed by atoms with Crippen LogP contribution >= 0.6 is 11.9 Å². The van der Waals surface area contributed by atoms with E-state index < -0.39 is 18.7 Å². The molecular formula is C25H32F3N3OS. The normalized spacial score (nSPS) is 25.7. The van der Waals surface area contributed by atoms with Crippen molar-refractivity contribution in [1.29, 1.82) is 0 Å². The van der Waals surface area contributed by atoms with Gasteiger partial charge >= 0.3 is 0 Å². The maximum Gasteiger partial charge on any atom is 0.242 e. The molecule has 180 valence electrons. The molecule has 33 heavy (non-hydrogen) atoms. The number of alkyl halides is 2. The lowest BCUT2D eigenvalue weighted by molar-refractivity contribution is 0.0157. The Morgan fingerprint density at radius 3 is 2.61 bits per heavy atom. The Hall–Kier alpha value is -1.77. The summed E-state index contributed by atoms with van der Waals surface area (Å²) in [5, 5.41) is 0. The Morgan fingerprint density at radius 1 is 1.15 bits per heavy atom. The molecule has 2 heterocycles. The zero-order chi connectivity index (χ0) is 23.2. The molecule has 0 amide bonds. The van der Waals surface area contributed by atoms with Gasteiger partial charge in [0.25, 0.3) is 0 Å². The highest BCUT2D eigenvalue weighted by molar-refractivity contribution is 7.96. The van der Waals surface area contributed by atoms with Crippen LogP contribution in [0.1, 0.15) is 49.1 Å². The Kier molecular flexibility index (Phi) is 8.55. The summed E-state index contributed by atoms with van der Waals surface area (Å²) in [7, 11) is 0. The zero-order valence-electron chi connectivity index (χ0n) is 18.9. The molecule has 1 aromatic carbocycles. The maximum atomic E-state index is 14.0. The average Bonchev–Trinajstić information content (AvgIpc) is 3.22.